The number of aromatic amines is 1. The van der Waals surface area contributed by atoms with Crippen molar-refractivity contribution in [3.8, 4) is 17.1 Å². The summed E-state index contributed by atoms with van der Waals surface area (Å²) in [6, 6.07) is 11.7. The number of carbonyl (C=O) groups is 1. The third kappa shape index (κ3) is 4.17. The highest BCUT2D eigenvalue weighted by Gasteiger charge is 2.13. The first-order chi connectivity index (χ1) is 14.0. The first kappa shape index (κ1) is 19.2. The highest BCUT2D eigenvalue weighted by molar-refractivity contribution is 7.71. The van der Waals surface area contributed by atoms with Crippen LogP contribution in [0.15, 0.2) is 42.5 Å². The van der Waals surface area contributed by atoms with Crippen molar-refractivity contribution in [3.63, 3.8) is 0 Å². The molecule has 7 nitrogen and oxygen atoms in total. The molecule has 0 saturated carbocycles. The predicted molar refractivity (Wildman–Crippen MR) is 112 cm³/mol. The van der Waals surface area contributed by atoms with Crippen LogP contribution in [0.1, 0.15) is 6.42 Å². The fraction of sp³-hybridized carbons (Fsp3) is 0.158. The molecule has 0 aliphatic heterocycles. The Morgan fingerprint density at radius 3 is 2.86 bits per heavy atom. The minimum absolute atomic E-state index is 0.182. The van der Waals surface area contributed by atoms with Gasteiger partial charge in [-0.1, -0.05) is 11.3 Å². The lowest BCUT2D eigenvalue weighted by molar-refractivity contribution is -0.116. The van der Waals surface area contributed by atoms with Crippen molar-refractivity contribution < 1.29 is 13.9 Å². The lowest BCUT2D eigenvalue weighted by Crippen LogP contribution is -2.15. The number of halogens is 1. The molecule has 0 atom stereocenters. The lowest BCUT2D eigenvalue weighted by atomic mass is 10.2. The molecule has 2 aromatic heterocycles. The van der Waals surface area contributed by atoms with E-state index in [1.807, 2.05) is 24.3 Å². The SMILES string of the molecule is COc1ccc(-c2n[nH]c(=S)n2CCC(=O)Nc2nc3ccc(F)cc3s2)cc1. The van der Waals surface area contributed by atoms with Crippen molar-refractivity contribution in [1.82, 2.24) is 19.7 Å². The number of thiazole rings is 1. The van der Waals surface area contributed by atoms with E-state index < -0.39 is 0 Å². The molecule has 2 heterocycles. The summed E-state index contributed by atoms with van der Waals surface area (Å²) in [5, 5.41) is 10.2. The summed E-state index contributed by atoms with van der Waals surface area (Å²) in [5.41, 5.74) is 1.50. The summed E-state index contributed by atoms with van der Waals surface area (Å²) in [7, 11) is 1.60. The zero-order valence-electron chi connectivity index (χ0n) is 15.3. The Morgan fingerprint density at radius 2 is 2.10 bits per heavy atom. The van der Waals surface area contributed by atoms with Crippen LogP contribution in [0.25, 0.3) is 21.6 Å². The van der Waals surface area contributed by atoms with E-state index in [1.54, 1.807) is 17.7 Å². The van der Waals surface area contributed by atoms with E-state index >= 15 is 0 Å². The van der Waals surface area contributed by atoms with Crippen LogP contribution in [0, 0.1) is 10.6 Å². The van der Waals surface area contributed by atoms with Crippen LogP contribution in [0.3, 0.4) is 0 Å². The van der Waals surface area contributed by atoms with Gasteiger partial charge in [0.2, 0.25) is 5.91 Å². The number of fused-ring (bicyclic) bond motifs is 1. The number of aromatic nitrogens is 4. The normalized spacial score (nSPS) is 11.0. The molecule has 0 spiro atoms. The minimum Gasteiger partial charge on any atom is -0.497 e. The summed E-state index contributed by atoms with van der Waals surface area (Å²) >= 11 is 6.53. The van der Waals surface area contributed by atoms with Gasteiger partial charge in [0.1, 0.15) is 11.6 Å². The average Bonchev–Trinajstić information content (AvgIpc) is 3.28. The second-order valence-corrected chi connectivity index (χ2v) is 7.58. The fourth-order valence-electron chi connectivity index (χ4n) is 2.83. The molecule has 0 radical (unpaired) electrons. The highest BCUT2D eigenvalue weighted by Crippen LogP contribution is 2.26. The van der Waals surface area contributed by atoms with Crippen molar-refractivity contribution in [3.05, 3.63) is 53.1 Å². The topological polar surface area (TPSA) is 84.8 Å². The number of nitrogens with one attached hydrogen (secondary N) is 2. The number of benzene rings is 2. The molecule has 0 aliphatic carbocycles. The monoisotopic (exact) mass is 429 g/mol. The van der Waals surface area contributed by atoms with Crippen LogP contribution in [0.5, 0.6) is 5.75 Å². The predicted octanol–water partition coefficient (Wildman–Crippen LogP) is 4.39. The Balaban J connectivity index is 1.46. The summed E-state index contributed by atoms with van der Waals surface area (Å²) in [6.45, 7) is 0.349. The van der Waals surface area contributed by atoms with E-state index in [1.165, 1.54) is 23.5 Å². The van der Waals surface area contributed by atoms with Crippen molar-refractivity contribution in [1.29, 1.82) is 0 Å². The van der Waals surface area contributed by atoms with Crippen LogP contribution in [-0.2, 0) is 11.3 Å². The Hall–Kier alpha value is -3.11. The van der Waals surface area contributed by atoms with E-state index in [4.69, 9.17) is 17.0 Å². The first-order valence-electron chi connectivity index (χ1n) is 8.69. The van der Waals surface area contributed by atoms with Crippen LogP contribution in [0.2, 0.25) is 0 Å². The number of nitrogens with zero attached hydrogens (tertiary/aromatic N) is 3. The smallest absolute Gasteiger partial charge is 0.227 e. The molecule has 4 rings (SSSR count). The van der Waals surface area contributed by atoms with Crippen molar-refractivity contribution in [2.24, 2.45) is 0 Å². The maximum Gasteiger partial charge on any atom is 0.227 e. The molecule has 29 heavy (non-hydrogen) atoms. The van der Waals surface area contributed by atoms with Gasteiger partial charge in [-0.3, -0.25) is 14.5 Å². The third-order valence-corrected chi connectivity index (χ3v) is 5.51. The Morgan fingerprint density at radius 1 is 1.31 bits per heavy atom. The zero-order chi connectivity index (χ0) is 20.4. The molecular weight excluding hydrogens is 413 g/mol. The van der Waals surface area contributed by atoms with E-state index in [9.17, 15) is 9.18 Å². The van der Waals surface area contributed by atoms with Gasteiger partial charge in [0.05, 0.1) is 17.3 Å². The summed E-state index contributed by atoms with van der Waals surface area (Å²) in [5.74, 6) is 0.832. The van der Waals surface area contributed by atoms with E-state index in [-0.39, 0.29) is 18.1 Å². The minimum atomic E-state index is -0.334. The van der Waals surface area contributed by atoms with Gasteiger partial charge in [-0.15, -0.1) is 0 Å². The molecular formula is C19H16FN5O2S2. The van der Waals surface area contributed by atoms with Crippen LogP contribution < -0.4 is 10.1 Å². The van der Waals surface area contributed by atoms with Crippen molar-refractivity contribution in [2.75, 3.05) is 12.4 Å². The van der Waals surface area contributed by atoms with Crippen molar-refractivity contribution >= 4 is 44.8 Å². The number of amides is 1. The van der Waals surface area contributed by atoms with Gasteiger partial charge in [-0.25, -0.2) is 9.37 Å². The van der Waals surface area contributed by atoms with Crippen molar-refractivity contribution in [2.45, 2.75) is 13.0 Å². The molecule has 148 valence electrons. The molecule has 0 saturated heterocycles. The summed E-state index contributed by atoms with van der Waals surface area (Å²) in [4.78, 5) is 16.7. The number of methoxy groups -OCH3 is 1. The molecule has 2 N–H and O–H groups in total. The molecule has 10 heteroatoms. The maximum absolute atomic E-state index is 13.3. The number of rotatable bonds is 6. The number of hydrogen-bond acceptors (Lipinski definition) is 6. The zero-order valence-corrected chi connectivity index (χ0v) is 16.9. The molecule has 0 aliphatic rings. The number of carbonyl (C=O) groups excluding carboxylic acids is 1. The Bertz CT molecular complexity index is 1230. The number of hydrogen-bond donors (Lipinski definition) is 2. The molecule has 0 unspecified atom stereocenters. The van der Waals surface area contributed by atoms with Gasteiger partial charge in [0, 0.05) is 18.5 Å². The average molecular weight is 430 g/mol. The number of ether oxygens (including phenoxy) is 1. The molecule has 0 bridgehead atoms. The quantitative estimate of drug-likeness (QED) is 0.444. The molecule has 1 amide bonds. The van der Waals surface area contributed by atoms with E-state index in [2.05, 4.69) is 20.5 Å². The van der Waals surface area contributed by atoms with Crippen LogP contribution >= 0.6 is 23.6 Å². The largest absolute Gasteiger partial charge is 0.497 e. The highest BCUT2D eigenvalue weighted by atomic mass is 32.1. The van der Waals surface area contributed by atoms with Gasteiger partial charge in [0.25, 0.3) is 0 Å². The maximum atomic E-state index is 13.3. The second kappa shape index (κ2) is 8.10. The fourth-order valence-corrected chi connectivity index (χ4v) is 3.96. The standard InChI is InChI=1S/C19H16FN5O2S2/c1-27-13-5-2-11(3-6-13)17-23-24-19(28)25(17)9-8-16(26)22-18-21-14-7-4-12(20)10-15(14)29-18/h2-7,10H,8-9H2,1H3,(H,24,28)(H,21,22,26). The number of anilines is 1. The molecule has 4 aromatic rings. The third-order valence-electron chi connectivity index (χ3n) is 4.27. The Labute approximate surface area is 174 Å². The van der Waals surface area contributed by atoms with Crippen LogP contribution in [-0.4, -0.2) is 32.8 Å². The first-order valence-corrected chi connectivity index (χ1v) is 9.91. The number of H-pyrrole nitrogens is 1. The van der Waals surface area contributed by atoms with E-state index in [0.29, 0.717) is 32.5 Å². The summed E-state index contributed by atoms with van der Waals surface area (Å²) < 4.78 is 21.4. The summed E-state index contributed by atoms with van der Waals surface area (Å²) in [6.07, 6.45) is 0.182. The Kier molecular flexibility index (Phi) is 5.36. The van der Waals surface area contributed by atoms with E-state index in [0.717, 1.165) is 11.3 Å². The molecule has 0 fully saturated rings. The molecule has 2 aromatic carbocycles. The van der Waals surface area contributed by atoms with Crippen LogP contribution in [0.4, 0.5) is 9.52 Å². The van der Waals surface area contributed by atoms with Gasteiger partial charge < -0.3 is 10.1 Å². The second-order valence-electron chi connectivity index (χ2n) is 6.16. The van der Waals surface area contributed by atoms with Gasteiger partial charge in [0.15, 0.2) is 15.7 Å². The van der Waals surface area contributed by atoms with Gasteiger partial charge in [-0.05, 0) is 54.7 Å². The van der Waals surface area contributed by atoms with Gasteiger partial charge >= 0.3 is 0 Å². The lowest BCUT2D eigenvalue weighted by Gasteiger charge is -2.07. The van der Waals surface area contributed by atoms with Gasteiger partial charge in [-0.2, -0.15) is 5.10 Å².